The van der Waals surface area contributed by atoms with E-state index in [1.807, 2.05) is 0 Å². The zero-order valence-corrected chi connectivity index (χ0v) is 15.6. The third-order valence-corrected chi connectivity index (χ3v) is 7.05. The fourth-order valence-corrected chi connectivity index (χ4v) is 6.11. The maximum atomic E-state index is 4.64. The van der Waals surface area contributed by atoms with Crippen molar-refractivity contribution in [2.75, 3.05) is 6.38 Å². The maximum absolute atomic E-state index is 4.64. The predicted octanol–water partition coefficient (Wildman–Crippen LogP) is 5.78. The Labute approximate surface area is 139 Å². The Bertz CT molecular complexity index is 552. The third kappa shape index (κ3) is 3.44. The molecule has 3 rings (SSSR count). The Morgan fingerprint density at radius 3 is 2.65 bits per heavy atom. The summed E-state index contributed by atoms with van der Waals surface area (Å²) in [6.07, 6.45) is 12.1. The van der Waals surface area contributed by atoms with Gasteiger partial charge in [-0.3, -0.25) is 0 Å². The Balaban J connectivity index is 0.000000704. The van der Waals surface area contributed by atoms with E-state index in [4.69, 9.17) is 0 Å². The van der Waals surface area contributed by atoms with E-state index in [0.717, 1.165) is 3.63 Å². The van der Waals surface area contributed by atoms with Crippen LogP contribution in [0.25, 0.3) is 6.08 Å². The fourth-order valence-electron chi connectivity index (χ4n) is 2.82. The van der Waals surface area contributed by atoms with Gasteiger partial charge < -0.3 is 0 Å². The first-order valence-electron chi connectivity index (χ1n) is 7.07. The van der Waals surface area contributed by atoms with Gasteiger partial charge in [-0.25, -0.2) is 0 Å². The summed E-state index contributed by atoms with van der Waals surface area (Å²) in [6.45, 7) is 4.76. The molecule has 0 spiro atoms. The summed E-state index contributed by atoms with van der Waals surface area (Å²) >= 11 is 4.27. The molecule has 0 fully saturated rings. The van der Waals surface area contributed by atoms with Gasteiger partial charge in [0.05, 0.1) is 0 Å². The Morgan fingerprint density at radius 2 is 1.90 bits per heavy atom. The minimum atomic E-state index is -0.368. The summed E-state index contributed by atoms with van der Waals surface area (Å²) in [5.41, 5.74) is 4.53. The molecule has 104 valence electrons. The van der Waals surface area contributed by atoms with Gasteiger partial charge in [0.2, 0.25) is 0 Å². The topological polar surface area (TPSA) is 0 Å². The molecule has 1 aromatic carbocycles. The second-order valence-corrected chi connectivity index (χ2v) is 10.3. The molecule has 0 N–H and O–H groups in total. The van der Waals surface area contributed by atoms with Crippen LogP contribution in [0.15, 0.2) is 51.3 Å². The second-order valence-electron chi connectivity index (χ2n) is 5.31. The fraction of sp³-hybridized carbons (Fsp3) is 0.333. The third-order valence-electron chi connectivity index (χ3n) is 3.57. The van der Waals surface area contributed by atoms with Crippen molar-refractivity contribution in [3.63, 3.8) is 0 Å². The van der Waals surface area contributed by atoms with Crippen LogP contribution < -0.4 is 0 Å². The van der Waals surface area contributed by atoms with Gasteiger partial charge in [0, 0.05) is 6.38 Å². The molecule has 1 atom stereocenters. The van der Waals surface area contributed by atoms with Crippen LogP contribution in [-0.4, -0.2) is 6.38 Å². The number of alkyl halides is 1. The second kappa shape index (κ2) is 7.57. The first kappa shape index (κ1) is 16.0. The van der Waals surface area contributed by atoms with Crippen molar-refractivity contribution in [2.24, 2.45) is 0 Å². The number of hydrogen-bond acceptors (Lipinski definition) is 0. The summed E-state index contributed by atoms with van der Waals surface area (Å²) in [4.78, 5) is 0. The molecule has 0 saturated carbocycles. The molecule has 0 nitrogen and oxygen atoms in total. The van der Waals surface area contributed by atoms with Crippen LogP contribution in [0.4, 0.5) is 0 Å². The summed E-state index contributed by atoms with van der Waals surface area (Å²) < 4.78 is 2.72. The SMILES string of the molecule is CCl.C[CH](C)[Zr][C]1=C(C2C=Cc3ccccc32)C=CC1. The van der Waals surface area contributed by atoms with Crippen LogP contribution in [0.1, 0.15) is 37.3 Å². The number of benzene rings is 1. The number of halogens is 1. The molecule has 2 heteroatoms. The molecule has 0 aliphatic heterocycles. The van der Waals surface area contributed by atoms with Gasteiger partial charge in [-0.05, 0) is 0 Å². The van der Waals surface area contributed by atoms with Crippen LogP contribution in [0.3, 0.4) is 0 Å². The Morgan fingerprint density at radius 1 is 1.15 bits per heavy atom. The van der Waals surface area contributed by atoms with Crippen LogP contribution in [0.2, 0.25) is 3.63 Å². The quantitative estimate of drug-likeness (QED) is 0.597. The number of rotatable bonds is 3. The predicted molar refractivity (Wildman–Crippen MR) is 85.9 cm³/mol. The van der Waals surface area contributed by atoms with Crippen molar-refractivity contribution in [2.45, 2.75) is 29.8 Å². The van der Waals surface area contributed by atoms with E-state index < -0.39 is 0 Å². The molecular weight excluding hydrogens is 343 g/mol. The zero-order valence-electron chi connectivity index (χ0n) is 12.4. The van der Waals surface area contributed by atoms with Crippen LogP contribution in [0.5, 0.6) is 0 Å². The molecule has 0 bridgehead atoms. The molecule has 1 unspecified atom stereocenters. The molecule has 2 aliphatic rings. The first-order valence-corrected chi connectivity index (χ1v) is 10.5. The molecule has 2 aliphatic carbocycles. The van der Waals surface area contributed by atoms with Crippen molar-refractivity contribution in [3.05, 3.63) is 62.5 Å². The summed E-state index contributed by atoms with van der Waals surface area (Å²) in [7, 11) is 0. The van der Waals surface area contributed by atoms with Gasteiger partial charge in [-0.1, -0.05) is 0 Å². The van der Waals surface area contributed by atoms with Gasteiger partial charge in [0.25, 0.3) is 0 Å². The van der Waals surface area contributed by atoms with Gasteiger partial charge >= 0.3 is 122 Å². The zero-order chi connectivity index (χ0) is 14.5. The van der Waals surface area contributed by atoms with E-state index in [1.165, 1.54) is 23.9 Å². The van der Waals surface area contributed by atoms with Crippen molar-refractivity contribution in [3.8, 4) is 0 Å². The van der Waals surface area contributed by atoms with E-state index in [1.54, 1.807) is 8.85 Å². The minimum absolute atomic E-state index is 0.368. The molecule has 20 heavy (non-hydrogen) atoms. The normalized spacial score (nSPS) is 19.1. The van der Waals surface area contributed by atoms with Crippen molar-refractivity contribution in [1.29, 1.82) is 0 Å². The number of fused-ring (bicyclic) bond motifs is 1. The monoisotopic (exact) mass is 362 g/mol. The Kier molecular flexibility index (Phi) is 6.06. The molecule has 0 radical (unpaired) electrons. The molecule has 0 saturated heterocycles. The van der Waals surface area contributed by atoms with Crippen molar-refractivity contribution < 1.29 is 23.2 Å². The summed E-state index contributed by atoms with van der Waals surface area (Å²) in [5.74, 6) is 0.537. The van der Waals surface area contributed by atoms with Crippen molar-refractivity contribution in [1.82, 2.24) is 0 Å². The van der Waals surface area contributed by atoms with E-state index >= 15 is 0 Å². The number of hydrogen-bond donors (Lipinski definition) is 0. The number of allylic oxidation sites excluding steroid dienone is 5. The van der Waals surface area contributed by atoms with Gasteiger partial charge in [-0.15, -0.1) is 11.6 Å². The van der Waals surface area contributed by atoms with Gasteiger partial charge in [-0.2, -0.15) is 0 Å². The summed E-state index contributed by atoms with van der Waals surface area (Å²) in [5, 5.41) is 0. The molecular formula is C18H21ClZr. The molecule has 0 amide bonds. The van der Waals surface area contributed by atoms with Crippen LogP contribution in [0, 0.1) is 0 Å². The van der Waals surface area contributed by atoms with E-state index in [2.05, 4.69) is 74.0 Å². The Hall–Kier alpha value is -0.387. The van der Waals surface area contributed by atoms with E-state index in [9.17, 15) is 0 Å². The summed E-state index contributed by atoms with van der Waals surface area (Å²) in [6, 6.07) is 8.82. The van der Waals surface area contributed by atoms with Gasteiger partial charge in [0.15, 0.2) is 0 Å². The van der Waals surface area contributed by atoms with Crippen molar-refractivity contribution >= 4 is 17.7 Å². The van der Waals surface area contributed by atoms with Crippen LogP contribution >= 0.6 is 11.6 Å². The molecule has 0 heterocycles. The average Bonchev–Trinajstić information content (AvgIpc) is 3.06. The van der Waals surface area contributed by atoms with E-state index in [-0.39, 0.29) is 23.2 Å². The molecule has 0 aromatic heterocycles. The first-order chi connectivity index (χ1) is 9.75. The molecule has 1 aromatic rings. The van der Waals surface area contributed by atoms with Gasteiger partial charge in [0.1, 0.15) is 0 Å². The van der Waals surface area contributed by atoms with E-state index in [0.29, 0.717) is 5.92 Å². The van der Waals surface area contributed by atoms with Crippen LogP contribution in [-0.2, 0) is 23.2 Å². The average molecular weight is 364 g/mol. The standard InChI is InChI=1S/C14H11.C3H7.CH3Cl.Zr/c1-2-6-11(5-1)14-10-9-12-7-3-4-8-13(12)14;1-3-2;1-2;/h1,3-5,7-10,14H,2H2;3H,1-2H3;1H3;.